The standard InChI is InChI=1S/C20H24N4O4/c1-13-8-14(2)10-15(9-13)19(25)22-17-11-16(20(26)27)12-21-18(17)23-4-6-24(28-3)7-5-23/h8-12H,4-7H2,1-3H3,(H,22,25)(H,26,27). The van der Waals surface area contributed by atoms with E-state index in [-0.39, 0.29) is 11.5 Å². The number of rotatable bonds is 5. The van der Waals surface area contributed by atoms with Crippen molar-refractivity contribution >= 4 is 23.4 Å². The summed E-state index contributed by atoms with van der Waals surface area (Å²) in [5, 5.41) is 14.0. The van der Waals surface area contributed by atoms with E-state index in [4.69, 9.17) is 4.84 Å². The highest BCUT2D eigenvalue weighted by Crippen LogP contribution is 2.26. The second kappa shape index (κ2) is 8.37. The summed E-state index contributed by atoms with van der Waals surface area (Å²) in [6.07, 6.45) is 1.31. The van der Waals surface area contributed by atoms with Crippen molar-refractivity contribution < 1.29 is 19.5 Å². The summed E-state index contributed by atoms with van der Waals surface area (Å²) in [4.78, 5) is 35.8. The third kappa shape index (κ3) is 4.47. The van der Waals surface area contributed by atoms with Gasteiger partial charge in [0, 0.05) is 37.9 Å². The van der Waals surface area contributed by atoms with Crippen LogP contribution in [-0.2, 0) is 4.84 Å². The number of hydroxylamine groups is 2. The van der Waals surface area contributed by atoms with Crippen LogP contribution < -0.4 is 10.2 Å². The number of carbonyl (C=O) groups is 2. The summed E-state index contributed by atoms with van der Waals surface area (Å²) in [6, 6.07) is 7.04. The third-order valence-corrected chi connectivity index (χ3v) is 4.64. The number of hydrogen-bond donors (Lipinski definition) is 2. The zero-order valence-electron chi connectivity index (χ0n) is 16.2. The van der Waals surface area contributed by atoms with Crippen LogP contribution in [0.2, 0.25) is 0 Å². The molecule has 3 rings (SSSR count). The minimum atomic E-state index is -1.09. The highest BCUT2D eigenvalue weighted by Gasteiger charge is 2.22. The largest absolute Gasteiger partial charge is 0.478 e. The molecule has 2 N–H and O–H groups in total. The predicted molar refractivity (Wildman–Crippen MR) is 106 cm³/mol. The lowest BCUT2D eigenvalue weighted by Gasteiger charge is -2.34. The maximum absolute atomic E-state index is 12.8. The number of piperazine rings is 1. The Morgan fingerprint density at radius 1 is 1.04 bits per heavy atom. The topological polar surface area (TPSA) is 95.0 Å². The number of aryl methyl sites for hydroxylation is 2. The monoisotopic (exact) mass is 384 g/mol. The molecule has 148 valence electrons. The molecule has 0 bridgehead atoms. The fourth-order valence-corrected chi connectivity index (χ4v) is 3.30. The fourth-order valence-electron chi connectivity index (χ4n) is 3.30. The average molecular weight is 384 g/mol. The lowest BCUT2D eigenvalue weighted by molar-refractivity contribution is -0.133. The molecule has 0 unspecified atom stereocenters. The first-order chi connectivity index (χ1) is 13.4. The second-order valence-electron chi connectivity index (χ2n) is 6.83. The first-order valence-electron chi connectivity index (χ1n) is 9.04. The van der Waals surface area contributed by atoms with Crippen molar-refractivity contribution in [2.45, 2.75) is 13.8 Å². The Balaban J connectivity index is 1.90. The van der Waals surface area contributed by atoms with Gasteiger partial charge in [-0.05, 0) is 32.0 Å². The van der Waals surface area contributed by atoms with E-state index in [1.165, 1.54) is 12.3 Å². The van der Waals surface area contributed by atoms with Crippen molar-refractivity contribution in [3.05, 3.63) is 52.7 Å². The quantitative estimate of drug-likeness (QED) is 0.817. The van der Waals surface area contributed by atoms with Crippen LogP contribution in [0, 0.1) is 13.8 Å². The van der Waals surface area contributed by atoms with E-state index in [0.717, 1.165) is 11.1 Å². The Morgan fingerprint density at radius 3 is 2.25 bits per heavy atom. The smallest absolute Gasteiger partial charge is 0.337 e. The molecular weight excluding hydrogens is 360 g/mol. The van der Waals surface area contributed by atoms with Gasteiger partial charge in [0.25, 0.3) is 5.91 Å². The van der Waals surface area contributed by atoms with Crippen molar-refractivity contribution in [3.8, 4) is 0 Å². The van der Waals surface area contributed by atoms with E-state index in [1.807, 2.05) is 29.9 Å². The molecule has 1 fully saturated rings. The van der Waals surface area contributed by atoms with E-state index < -0.39 is 5.97 Å². The number of pyridine rings is 1. The third-order valence-electron chi connectivity index (χ3n) is 4.64. The molecule has 8 nitrogen and oxygen atoms in total. The van der Waals surface area contributed by atoms with Crippen LogP contribution in [0.1, 0.15) is 31.8 Å². The van der Waals surface area contributed by atoms with Crippen molar-refractivity contribution in [1.82, 2.24) is 10.0 Å². The highest BCUT2D eigenvalue weighted by molar-refractivity contribution is 6.06. The van der Waals surface area contributed by atoms with Crippen molar-refractivity contribution in [3.63, 3.8) is 0 Å². The molecule has 0 spiro atoms. The highest BCUT2D eigenvalue weighted by atomic mass is 16.7. The van der Waals surface area contributed by atoms with Crippen molar-refractivity contribution in [2.24, 2.45) is 0 Å². The number of benzene rings is 1. The first kappa shape index (κ1) is 19.8. The number of carbonyl (C=O) groups excluding carboxylic acids is 1. The minimum Gasteiger partial charge on any atom is -0.478 e. The second-order valence-corrected chi connectivity index (χ2v) is 6.83. The van der Waals surface area contributed by atoms with Gasteiger partial charge in [-0.1, -0.05) is 17.2 Å². The van der Waals surface area contributed by atoms with Crippen LogP contribution in [0.15, 0.2) is 30.5 Å². The van der Waals surface area contributed by atoms with Gasteiger partial charge >= 0.3 is 5.97 Å². The van der Waals surface area contributed by atoms with Gasteiger partial charge in [0.05, 0.1) is 18.4 Å². The lowest BCUT2D eigenvalue weighted by atomic mass is 10.1. The molecule has 1 aliphatic rings. The average Bonchev–Trinajstić information content (AvgIpc) is 2.67. The molecule has 0 saturated carbocycles. The van der Waals surface area contributed by atoms with E-state index in [9.17, 15) is 14.7 Å². The van der Waals surface area contributed by atoms with Crippen molar-refractivity contribution in [1.29, 1.82) is 0 Å². The van der Waals surface area contributed by atoms with E-state index in [1.54, 1.807) is 19.2 Å². The Morgan fingerprint density at radius 2 is 1.68 bits per heavy atom. The molecular formula is C20H24N4O4. The molecule has 2 heterocycles. The molecule has 1 aliphatic heterocycles. The maximum atomic E-state index is 12.8. The Bertz CT molecular complexity index is 872. The van der Waals surface area contributed by atoms with Gasteiger partial charge in [0.2, 0.25) is 0 Å². The molecule has 2 aromatic rings. The SMILES string of the molecule is CON1CCN(c2ncc(C(=O)O)cc2NC(=O)c2cc(C)cc(C)c2)CC1. The van der Waals surface area contributed by atoms with Gasteiger partial charge in [0.15, 0.2) is 5.82 Å². The molecule has 1 amide bonds. The van der Waals surface area contributed by atoms with Crippen LogP contribution >= 0.6 is 0 Å². The number of hydrogen-bond acceptors (Lipinski definition) is 6. The number of nitrogens with zero attached hydrogens (tertiary/aromatic N) is 3. The Labute approximate surface area is 163 Å². The number of nitrogens with one attached hydrogen (secondary N) is 1. The zero-order valence-corrected chi connectivity index (χ0v) is 16.2. The number of carboxylic acid groups (broad SMARTS) is 1. The van der Waals surface area contributed by atoms with E-state index >= 15 is 0 Å². The molecule has 1 saturated heterocycles. The van der Waals surface area contributed by atoms with Gasteiger partial charge in [-0.2, -0.15) is 5.06 Å². The number of aromatic carboxylic acids is 1. The predicted octanol–water partition coefficient (Wildman–Crippen LogP) is 2.33. The lowest BCUT2D eigenvalue weighted by Crippen LogP contribution is -2.46. The normalized spacial score (nSPS) is 14.8. The molecule has 8 heteroatoms. The Hall–Kier alpha value is -2.97. The van der Waals surface area contributed by atoms with Gasteiger partial charge in [-0.15, -0.1) is 0 Å². The minimum absolute atomic E-state index is 0.0231. The molecule has 0 aliphatic carbocycles. The van der Waals surface area contributed by atoms with Gasteiger partial charge in [-0.25, -0.2) is 9.78 Å². The van der Waals surface area contributed by atoms with Crippen LogP contribution in [0.5, 0.6) is 0 Å². The molecule has 28 heavy (non-hydrogen) atoms. The van der Waals surface area contributed by atoms with Crippen molar-refractivity contribution in [2.75, 3.05) is 43.5 Å². The number of aromatic nitrogens is 1. The van der Waals surface area contributed by atoms with Crippen LogP contribution in [-0.4, -0.2) is 60.3 Å². The summed E-state index contributed by atoms with van der Waals surface area (Å²) in [7, 11) is 1.63. The Kier molecular flexibility index (Phi) is 5.91. The van der Waals surface area contributed by atoms with Crippen LogP contribution in [0.4, 0.5) is 11.5 Å². The summed E-state index contributed by atoms with van der Waals surface area (Å²) in [6.45, 7) is 6.53. The van der Waals surface area contributed by atoms with Gasteiger partial charge in [-0.3, -0.25) is 4.79 Å². The van der Waals surface area contributed by atoms with Gasteiger partial charge < -0.3 is 20.2 Å². The summed E-state index contributed by atoms with van der Waals surface area (Å²) in [5.74, 6) is -0.837. The molecule has 0 radical (unpaired) electrons. The van der Waals surface area contributed by atoms with Gasteiger partial charge in [0.1, 0.15) is 0 Å². The summed E-state index contributed by atoms with van der Waals surface area (Å²) in [5.41, 5.74) is 2.90. The molecule has 1 aromatic heterocycles. The van der Waals surface area contributed by atoms with E-state index in [2.05, 4.69) is 10.3 Å². The summed E-state index contributed by atoms with van der Waals surface area (Å²) >= 11 is 0. The zero-order chi connectivity index (χ0) is 20.3. The van der Waals surface area contributed by atoms with E-state index in [0.29, 0.717) is 43.2 Å². The van der Waals surface area contributed by atoms with Crippen LogP contribution in [0.3, 0.4) is 0 Å². The number of amides is 1. The fraction of sp³-hybridized carbons (Fsp3) is 0.350. The van der Waals surface area contributed by atoms with Crippen LogP contribution in [0.25, 0.3) is 0 Å². The first-order valence-corrected chi connectivity index (χ1v) is 9.04. The number of carboxylic acids is 1. The molecule has 0 atom stereocenters. The maximum Gasteiger partial charge on any atom is 0.337 e. The summed E-state index contributed by atoms with van der Waals surface area (Å²) < 4.78 is 0. The molecule has 1 aromatic carbocycles. The number of anilines is 2.